The van der Waals surface area contributed by atoms with Gasteiger partial charge in [0.05, 0.1) is 6.61 Å². The van der Waals surface area contributed by atoms with Gasteiger partial charge < -0.3 is 4.74 Å². The van der Waals surface area contributed by atoms with Crippen molar-refractivity contribution in [1.82, 2.24) is 4.90 Å². The Balaban J connectivity index is 1.82. The first-order chi connectivity index (χ1) is 9.78. The predicted octanol–water partition coefficient (Wildman–Crippen LogP) is 4.52. The van der Waals surface area contributed by atoms with Gasteiger partial charge in [0.2, 0.25) is 0 Å². The average molecular weight is 403 g/mol. The van der Waals surface area contributed by atoms with E-state index in [4.69, 9.17) is 4.74 Å². The van der Waals surface area contributed by atoms with Crippen molar-refractivity contribution in [3.63, 3.8) is 0 Å². The molecule has 1 atom stereocenters. The summed E-state index contributed by atoms with van der Waals surface area (Å²) in [6, 6.07) is 5.10. The lowest BCUT2D eigenvalue weighted by atomic mass is 10.1. The molecule has 1 aromatic carbocycles. The van der Waals surface area contributed by atoms with Crippen molar-refractivity contribution in [3.8, 4) is 5.75 Å². The van der Waals surface area contributed by atoms with Gasteiger partial charge in [0.15, 0.2) is 0 Å². The maximum absolute atomic E-state index is 5.87. The lowest BCUT2D eigenvalue weighted by Crippen LogP contribution is -2.35. The van der Waals surface area contributed by atoms with Crippen molar-refractivity contribution >= 4 is 31.9 Å². The Morgan fingerprint density at radius 1 is 1.25 bits per heavy atom. The standard InChI is InChI=1S/C16H21Br2NO/c17-10-15-4-2-1-3-6-19(15)11-13-9-14(18)8-12-5-7-20-16(12)13/h8-9,15H,1-7,10-11H2. The average Bonchev–Trinajstić information content (AvgIpc) is 2.78. The Kier molecular flexibility index (Phi) is 5.05. The summed E-state index contributed by atoms with van der Waals surface area (Å²) in [4.78, 5) is 2.63. The van der Waals surface area contributed by atoms with Gasteiger partial charge in [-0.2, -0.15) is 0 Å². The number of halogens is 2. The number of rotatable bonds is 3. The number of likely N-dealkylation sites (tertiary alicyclic amines) is 1. The third-order valence-electron chi connectivity index (χ3n) is 4.38. The molecule has 2 aliphatic heterocycles. The van der Waals surface area contributed by atoms with E-state index in [1.54, 1.807) is 0 Å². The summed E-state index contributed by atoms with van der Waals surface area (Å²) in [7, 11) is 0. The fourth-order valence-corrected chi connectivity index (χ4v) is 4.59. The second-order valence-corrected chi connectivity index (χ2v) is 7.34. The molecule has 0 aromatic heterocycles. The zero-order valence-electron chi connectivity index (χ0n) is 11.7. The van der Waals surface area contributed by atoms with Crippen LogP contribution >= 0.6 is 31.9 Å². The van der Waals surface area contributed by atoms with Crippen LogP contribution in [-0.4, -0.2) is 29.4 Å². The Morgan fingerprint density at radius 2 is 2.15 bits per heavy atom. The van der Waals surface area contributed by atoms with Crippen molar-refractivity contribution in [2.24, 2.45) is 0 Å². The molecule has 0 saturated carbocycles. The van der Waals surface area contributed by atoms with E-state index in [1.165, 1.54) is 47.8 Å². The fourth-order valence-electron chi connectivity index (χ4n) is 3.30. The molecular weight excluding hydrogens is 382 g/mol. The monoisotopic (exact) mass is 401 g/mol. The molecule has 0 radical (unpaired) electrons. The van der Waals surface area contributed by atoms with E-state index in [9.17, 15) is 0 Å². The summed E-state index contributed by atoms with van der Waals surface area (Å²) in [6.07, 6.45) is 6.40. The summed E-state index contributed by atoms with van der Waals surface area (Å²) < 4.78 is 7.05. The molecule has 1 aromatic rings. The van der Waals surface area contributed by atoms with Crippen LogP contribution < -0.4 is 4.74 Å². The van der Waals surface area contributed by atoms with Gasteiger partial charge in [0.25, 0.3) is 0 Å². The second-order valence-electron chi connectivity index (χ2n) is 5.78. The fraction of sp³-hybridized carbons (Fsp3) is 0.625. The summed E-state index contributed by atoms with van der Waals surface area (Å²) in [5.41, 5.74) is 2.71. The Morgan fingerprint density at radius 3 is 3.00 bits per heavy atom. The highest BCUT2D eigenvalue weighted by molar-refractivity contribution is 9.10. The maximum atomic E-state index is 5.87. The van der Waals surface area contributed by atoms with E-state index in [1.807, 2.05) is 0 Å². The van der Waals surface area contributed by atoms with Gasteiger partial charge in [-0.3, -0.25) is 4.90 Å². The summed E-state index contributed by atoms with van der Waals surface area (Å²) in [6.45, 7) is 3.05. The van der Waals surface area contributed by atoms with Gasteiger partial charge in [0.1, 0.15) is 5.75 Å². The highest BCUT2D eigenvalue weighted by Crippen LogP contribution is 2.34. The van der Waals surface area contributed by atoms with Gasteiger partial charge in [-0.1, -0.05) is 44.7 Å². The van der Waals surface area contributed by atoms with Crippen LogP contribution in [0, 0.1) is 0 Å². The lowest BCUT2D eigenvalue weighted by molar-refractivity contribution is 0.206. The molecule has 2 aliphatic rings. The van der Waals surface area contributed by atoms with Gasteiger partial charge in [-0.15, -0.1) is 0 Å². The Labute approximate surface area is 138 Å². The Bertz CT molecular complexity index is 478. The van der Waals surface area contributed by atoms with Crippen molar-refractivity contribution in [1.29, 1.82) is 0 Å². The molecule has 1 saturated heterocycles. The molecule has 0 spiro atoms. The quantitative estimate of drug-likeness (QED) is 0.689. The molecule has 20 heavy (non-hydrogen) atoms. The minimum absolute atomic E-state index is 0.661. The molecule has 0 bridgehead atoms. The van der Waals surface area contributed by atoms with E-state index < -0.39 is 0 Å². The molecule has 2 heterocycles. The molecule has 1 unspecified atom stereocenters. The number of ether oxygens (including phenoxy) is 1. The summed E-state index contributed by atoms with van der Waals surface area (Å²) >= 11 is 7.34. The first kappa shape index (κ1) is 14.9. The number of hydrogen-bond acceptors (Lipinski definition) is 2. The van der Waals surface area contributed by atoms with Crippen LogP contribution in [0.25, 0.3) is 0 Å². The molecule has 0 N–H and O–H groups in total. The molecule has 0 amide bonds. The minimum Gasteiger partial charge on any atom is -0.493 e. The molecule has 110 valence electrons. The van der Waals surface area contributed by atoms with Gasteiger partial charge >= 0.3 is 0 Å². The normalized spacial score (nSPS) is 23.2. The number of nitrogens with zero attached hydrogens (tertiary/aromatic N) is 1. The number of fused-ring (bicyclic) bond motifs is 1. The highest BCUT2D eigenvalue weighted by atomic mass is 79.9. The first-order valence-electron chi connectivity index (χ1n) is 7.52. The van der Waals surface area contributed by atoms with Crippen molar-refractivity contribution in [3.05, 3.63) is 27.7 Å². The third kappa shape index (κ3) is 3.23. The van der Waals surface area contributed by atoms with Crippen molar-refractivity contribution < 1.29 is 4.74 Å². The zero-order chi connectivity index (χ0) is 13.9. The molecule has 0 aliphatic carbocycles. The van der Waals surface area contributed by atoms with Crippen LogP contribution in [-0.2, 0) is 13.0 Å². The lowest BCUT2D eigenvalue weighted by Gasteiger charge is -2.29. The number of hydrogen-bond donors (Lipinski definition) is 0. The highest BCUT2D eigenvalue weighted by Gasteiger charge is 2.24. The first-order valence-corrected chi connectivity index (χ1v) is 9.43. The smallest absolute Gasteiger partial charge is 0.127 e. The van der Waals surface area contributed by atoms with Crippen LogP contribution in [0.15, 0.2) is 16.6 Å². The van der Waals surface area contributed by atoms with Gasteiger partial charge in [-0.25, -0.2) is 0 Å². The summed E-state index contributed by atoms with van der Waals surface area (Å²) in [5.74, 6) is 1.14. The number of benzene rings is 1. The largest absolute Gasteiger partial charge is 0.493 e. The van der Waals surface area contributed by atoms with E-state index in [0.717, 1.165) is 30.7 Å². The molecule has 1 fully saturated rings. The van der Waals surface area contributed by atoms with Gasteiger partial charge in [-0.05, 0) is 37.1 Å². The maximum Gasteiger partial charge on any atom is 0.127 e. The van der Waals surface area contributed by atoms with Crippen molar-refractivity contribution in [2.45, 2.75) is 44.7 Å². The summed E-state index contributed by atoms with van der Waals surface area (Å²) in [5, 5.41) is 1.07. The molecule has 4 heteroatoms. The SMILES string of the molecule is BrCC1CCCCCN1Cc1cc(Br)cc2c1OCC2. The molecular formula is C16H21Br2NO. The predicted molar refractivity (Wildman–Crippen MR) is 89.8 cm³/mol. The van der Waals surface area contributed by atoms with E-state index in [0.29, 0.717) is 6.04 Å². The third-order valence-corrected chi connectivity index (χ3v) is 5.58. The van der Waals surface area contributed by atoms with E-state index in [2.05, 4.69) is 48.9 Å². The van der Waals surface area contributed by atoms with Crippen LogP contribution in [0.3, 0.4) is 0 Å². The van der Waals surface area contributed by atoms with Crippen LogP contribution in [0.5, 0.6) is 5.75 Å². The zero-order valence-corrected chi connectivity index (χ0v) is 14.9. The van der Waals surface area contributed by atoms with Crippen molar-refractivity contribution in [2.75, 3.05) is 18.5 Å². The second kappa shape index (κ2) is 6.80. The minimum atomic E-state index is 0.661. The van der Waals surface area contributed by atoms with Crippen LogP contribution in [0.4, 0.5) is 0 Å². The van der Waals surface area contributed by atoms with Gasteiger partial charge in [0, 0.05) is 34.4 Å². The van der Waals surface area contributed by atoms with E-state index >= 15 is 0 Å². The molecule has 3 rings (SSSR count). The topological polar surface area (TPSA) is 12.5 Å². The van der Waals surface area contributed by atoms with E-state index in [-0.39, 0.29) is 0 Å². The Hall–Kier alpha value is -0.0600. The molecule has 2 nitrogen and oxygen atoms in total. The van der Waals surface area contributed by atoms with Crippen LogP contribution in [0.2, 0.25) is 0 Å². The number of alkyl halides is 1. The van der Waals surface area contributed by atoms with Crippen LogP contribution in [0.1, 0.15) is 36.8 Å².